The van der Waals surface area contributed by atoms with Crippen molar-refractivity contribution in [3.05, 3.63) is 59.7 Å². The van der Waals surface area contributed by atoms with Crippen molar-refractivity contribution in [2.24, 2.45) is 0 Å². The van der Waals surface area contributed by atoms with Crippen LogP contribution < -0.4 is 0 Å². The van der Waals surface area contributed by atoms with E-state index in [-0.39, 0.29) is 18.4 Å². The van der Waals surface area contributed by atoms with Crippen molar-refractivity contribution in [3.63, 3.8) is 0 Å². The van der Waals surface area contributed by atoms with Crippen molar-refractivity contribution >= 4 is 17.9 Å². The molecule has 2 heterocycles. The van der Waals surface area contributed by atoms with Crippen LogP contribution in [0.4, 0.5) is 0 Å². The molecule has 1 aromatic carbocycles. The predicted octanol–water partition coefficient (Wildman–Crippen LogP) is 1.72. The van der Waals surface area contributed by atoms with E-state index in [1.807, 2.05) is 0 Å². The Morgan fingerprint density at radius 2 is 1.84 bits per heavy atom. The molecular formula is C14H11N3O2. The van der Waals surface area contributed by atoms with Gasteiger partial charge in [-0.3, -0.25) is 14.5 Å². The second kappa shape index (κ2) is 4.53. The van der Waals surface area contributed by atoms with Crippen LogP contribution in [0.25, 0.3) is 6.08 Å². The molecule has 0 unspecified atom stereocenters. The minimum Gasteiger partial charge on any atom is -0.345 e. The standard InChI is InChI=1S/C14H11N3O2/c18-13-11-5-1-2-6-12(11)14(19)17(13)7-3-4-10-8-15-9-16-10/h1-6,8-9H,7H2,(H,15,16)/b4-3+. The van der Waals surface area contributed by atoms with Crippen LogP contribution in [-0.2, 0) is 0 Å². The highest BCUT2D eigenvalue weighted by Crippen LogP contribution is 2.22. The number of aromatic amines is 1. The van der Waals surface area contributed by atoms with Gasteiger partial charge >= 0.3 is 0 Å². The molecule has 0 radical (unpaired) electrons. The van der Waals surface area contributed by atoms with Gasteiger partial charge in [0.1, 0.15) is 0 Å². The highest BCUT2D eigenvalue weighted by Gasteiger charge is 2.33. The monoisotopic (exact) mass is 253 g/mol. The second-order valence-electron chi connectivity index (χ2n) is 4.18. The van der Waals surface area contributed by atoms with E-state index in [1.165, 1.54) is 4.90 Å². The Hall–Kier alpha value is -2.69. The Morgan fingerprint density at radius 3 is 2.42 bits per heavy atom. The summed E-state index contributed by atoms with van der Waals surface area (Å²) in [5.74, 6) is -0.482. The van der Waals surface area contributed by atoms with E-state index in [1.54, 1.807) is 48.9 Å². The van der Waals surface area contributed by atoms with Gasteiger partial charge in [-0.15, -0.1) is 0 Å². The Labute approximate surface area is 109 Å². The Bertz CT molecular complexity index is 624. The van der Waals surface area contributed by atoms with Gasteiger partial charge in [-0.1, -0.05) is 18.2 Å². The third-order valence-electron chi connectivity index (χ3n) is 2.98. The SMILES string of the molecule is O=C1c2ccccc2C(=O)N1C/C=C/c1cnc[nH]1. The molecule has 0 saturated heterocycles. The lowest BCUT2D eigenvalue weighted by Gasteiger charge is -2.10. The van der Waals surface area contributed by atoms with E-state index in [0.29, 0.717) is 11.1 Å². The number of amides is 2. The van der Waals surface area contributed by atoms with Gasteiger partial charge in [-0.05, 0) is 18.2 Å². The number of rotatable bonds is 3. The number of aromatic nitrogens is 2. The number of imidazole rings is 1. The first kappa shape index (κ1) is 11.4. The third kappa shape index (κ3) is 1.95. The van der Waals surface area contributed by atoms with Crippen LogP contribution in [0, 0.1) is 0 Å². The molecule has 1 aliphatic rings. The molecule has 19 heavy (non-hydrogen) atoms. The Balaban J connectivity index is 1.77. The maximum atomic E-state index is 12.1. The lowest BCUT2D eigenvalue weighted by atomic mass is 10.1. The number of imide groups is 1. The normalized spacial score (nSPS) is 14.4. The van der Waals surface area contributed by atoms with Gasteiger partial charge in [0, 0.05) is 6.54 Å². The summed E-state index contributed by atoms with van der Waals surface area (Å²) >= 11 is 0. The van der Waals surface area contributed by atoms with Gasteiger partial charge in [0.25, 0.3) is 11.8 Å². The number of fused-ring (bicyclic) bond motifs is 1. The molecule has 3 rings (SSSR count). The maximum Gasteiger partial charge on any atom is 0.261 e. The molecule has 5 nitrogen and oxygen atoms in total. The zero-order valence-electron chi connectivity index (χ0n) is 10.0. The smallest absolute Gasteiger partial charge is 0.261 e. The van der Waals surface area contributed by atoms with E-state index in [9.17, 15) is 9.59 Å². The molecule has 2 amide bonds. The molecule has 1 N–H and O–H groups in total. The maximum absolute atomic E-state index is 12.1. The Kier molecular flexibility index (Phi) is 2.72. The number of nitrogens with one attached hydrogen (secondary N) is 1. The predicted molar refractivity (Wildman–Crippen MR) is 69.4 cm³/mol. The fraction of sp³-hybridized carbons (Fsp3) is 0.0714. The molecule has 0 fully saturated rings. The van der Waals surface area contributed by atoms with Gasteiger partial charge in [-0.2, -0.15) is 0 Å². The molecule has 1 aromatic heterocycles. The molecule has 2 aromatic rings. The van der Waals surface area contributed by atoms with Crippen molar-refractivity contribution in [3.8, 4) is 0 Å². The van der Waals surface area contributed by atoms with Crippen LogP contribution >= 0.6 is 0 Å². The van der Waals surface area contributed by atoms with Gasteiger partial charge in [-0.25, -0.2) is 4.98 Å². The minimum atomic E-state index is -0.241. The lowest BCUT2D eigenvalue weighted by molar-refractivity contribution is 0.0672. The van der Waals surface area contributed by atoms with Crippen LogP contribution in [0.15, 0.2) is 42.9 Å². The summed E-state index contributed by atoms with van der Waals surface area (Å²) in [4.78, 5) is 32.1. The van der Waals surface area contributed by atoms with Crippen LogP contribution in [0.1, 0.15) is 26.4 Å². The first-order valence-corrected chi connectivity index (χ1v) is 5.87. The Morgan fingerprint density at radius 1 is 1.16 bits per heavy atom. The zero-order valence-corrected chi connectivity index (χ0v) is 10.0. The molecule has 1 aliphatic heterocycles. The molecule has 0 saturated carbocycles. The zero-order chi connectivity index (χ0) is 13.2. The van der Waals surface area contributed by atoms with Gasteiger partial charge in [0.2, 0.25) is 0 Å². The first-order valence-electron chi connectivity index (χ1n) is 5.87. The second-order valence-corrected chi connectivity index (χ2v) is 4.18. The molecule has 0 spiro atoms. The molecule has 5 heteroatoms. The average molecular weight is 253 g/mol. The quantitative estimate of drug-likeness (QED) is 0.847. The summed E-state index contributed by atoms with van der Waals surface area (Å²) in [5, 5.41) is 0. The van der Waals surface area contributed by atoms with E-state index in [4.69, 9.17) is 0 Å². The molecule has 0 atom stereocenters. The topological polar surface area (TPSA) is 66.1 Å². The summed E-state index contributed by atoms with van der Waals surface area (Å²) in [5.41, 5.74) is 1.78. The van der Waals surface area contributed by atoms with Crippen LogP contribution in [-0.4, -0.2) is 33.2 Å². The molecule has 94 valence electrons. The number of benzene rings is 1. The number of hydrogen-bond acceptors (Lipinski definition) is 3. The summed E-state index contributed by atoms with van der Waals surface area (Å²) in [6.45, 7) is 0.255. The summed E-state index contributed by atoms with van der Waals surface area (Å²) in [6.07, 6.45) is 6.78. The first-order chi connectivity index (χ1) is 9.27. The van der Waals surface area contributed by atoms with Crippen LogP contribution in [0.2, 0.25) is 0 Å². The number of carbonyl (C=O) groups excluding carboxylic acids is 2. The number of hydrogen-bond donors (Lipinski definition) is 1. The molecule has 0 aliphatic carbocycles. The highest BCUT2D eigenvalue weighted by atomic mass is 16.2. The average Bonchev–Trinajstić information content (AvgIpc) is 3.02. The van der Waals surface area contributed by atoms with Crippen molar-refractivity contribution in [1.82, 2.24) is 14.9 Å². The summed E-state index contributed by atoms with van der Waals surface area (Å²) in [6, 6.07) is 6.87. The van der Waals surface area contributed by atoms with Crippen molar-refractivity contribution in [2.45, 2.75) is 0 Å². The van der Waals surface area contributed by atoms with Crippen molar-refractivity contribution in [1.29, 1.82) is 0 Å². The van der Waals surface area contributed by atoms with Crippen LogP contribution in [0.3, 0.4) is 0 Å². The van der Waals surface area contributed by atoms with Gasteiger partial charge in [0.05, 0.1) is 29.3 Å². The van der Waals surface area contributed by atoms with Crippen LogP contribution in [0.5, 0.6) is 0 Å². The fourth-order valence-electron chi connectivity index (χ4n) is 2.05. The van der Waals surface area contributed by atoms with Gasteiger partial charge in [0.15, 0.2) is 0 Å². The summed E-state index contributed by atoms with van der Waals surface area (Å²) < 4.78 is 0. The number of nitrogens with zero attached hydrogens (tertiary/aromatic N) is 2. The van der Waals surface area contributed by atoms with E-state index in [0.717, 1.165) is 5.69 Å². The fourth-order valence-corrected chi connectivity index (χ4v) is 2.05. The molecule has 0 bridgehead atoms. The number of carbonyl (C=O) groups is 2. The van der Waals surface area contributed by atoms with Gasteiger partial charge < -0.3 is 4.98 Å². The number of H-pyrrole nitrogens is 1. The van der Waals surface area contributed by atoms with E-state index < -0.39 is 0 Å². The largest absolute Gasteiger partial charge is 0.345 e. The third-order valence-corrected chi connectivity index (χ3v) is 2.98. The van der Waals surface area contributed by atoms with E-state index in [2.05, 4.69) is 9.97 Å². The minimum absolute atomic E-state index is 0.241. The summed E-state index contributed by atoms with van der Waals surface area (Å²) in [7, 11) is 0. The molecular weight excluding hydrogens is 242 g/mol. The lowest BCUT2D eigenvalue weighted by Crippen LogP contribution is -2.29. The van der Waals surface area contributed by atoms with E-state index >= 15 is 0 Å². The van der Waals surface area contributed by atoms with Crippen molar-refractivity contribution < 1.29 is 9.59 Å². The highest BCUT2D eigenvalue weighted by molar-refractivity contribution is 6.21. The van der Waals surface area contributed by atoms with Crippen molar-refractivity contribution in [2.75, 3.05) is 6.54 Å².